The molecular weight excluding hydrogens is 484 g/mol. The van der Waals surface area contributed by atoms with E-state index in [0.29, 0.717) is 11.4 Å². The maximum Gasteiger partial charge on any atom is 0.148 e. The van der Waals surface area contributed by atoms with Crippen molar-refractivity contribution in [3.8, 4) is 39.8 Å². The summed E-state index contributed by atoms with van der Waals surface area (Å²) in [7, 11) is 0. The van der Waals surface area contributed by atoms with E-state index < -0.39 is 0 Å². The lowest BCUT2D eigenvalue weighted by molar-refractivity contribution is 0.831. The van der Waals surface area contributed by atoms with Gasteiger partial charge in [-0.25, -0.2) is 19.3 Å². The van der Waals surface area contributed by atoms with E-state index in [-0.39, 0.29) is 0 Å². The van der Waals surface area contributed by atoms with Gasteiger partial charge in [-0.15, -0.1) is 0 Å². The molecule has 0 fully saturated rings. The molecule has 0 aliphatic carbocycles. The molecule has 0 saturated carbocycles. The van der Waals surface area contributed by atoms with E-state index in [9.17, 15) is 0 Å². The van der Waals surface area contributed by atoms with E-state index in [2.05, 4.69) is 38.6 Å². The summed E-state index contributed by atoms with van der Waals surface area (Å²) in [6, 6.07) is 31.7. The number of hydrogen-bond donors (Lipinski definition) is 1. The van der Waals surface area contributed by atoms with Crippen LogP contribution in [-0.4, -0.2) is 29.5 Å². The number of aromatic nitrogens is 6. The lowest BCUT2D eigenvalue weighted by atomic mass is 10.0. The zero-order valence-electron chi connectivity index (χ0n) is 21.4. The summed E-state index contributed by atoms with van der Waals surface area (Å²) in [6.45, 7) is 3.82. The van der Waals surface area contributed by atoms with Crippen molar-refractivity contribution >= 4 is 11.5 Å². The molecule has 39 heavy (non-hydrogen) atoms. The van der Waals surface area contributed by atoms with Crippen LogP contribution in [0.5, 0.6) is 0 Å². The molecule has 3 aromatic heterocycles. The monoisotopic (exact) mass is 508 g/mol. The third-order valence-corrected chi connectivity index (χ3v) is 6.35. The third-order valence-electron chi connectivity index (χ3n) is 6.35. The van der Waals surface area contributed by atoms with Crippen molar-refractivity contribution in [3.63, 3.8) is 0 Å². The molecule has 1 N–H and O–H groups in total. The summed E-state index contributed by atoms with van der Waals surface area (Å²) in [5, 5.41) is 22.0. The molecule has 8 nitrogen and oxygen atoms in total. The molecule has 0 saturated heterocycles. The Kier molecular flexibility index (Phi) is 6.15. The number of nitriles is 1. The Morgan fingerprint density at radius 2 is 1.54 bits per heavy atom. The molecule has 6 rings (SSSR count). The summed E-state index contributed by atoms with van der Waals surface area (Å²) in [5.41, 5.74) is 7.17. The second-order valence-corrected chi connectivity index (χ2v) is 9.08. The SMILES string of the molecule is Cc1nc(C)n(-c2ccc(Nc3cc(-c4nn(-c5ccc(C#N)cc5)cc4-c4ccccc4)ccn3)cc2)n1. The van der Waals surface area contributed by atoms with Gasteiger partial charge in [-0.2, -0.15) is 15.5 Å². The Hall–Kier alpha value is -5.55. The number of hydrogen-bond acceptors (Lipinski definition) is 6. The predicted octanol–water partition coefficient (Wildman–Crippen LogP) is 6.41. The quantitative estimate of drug-likeness (QED) is 0.279. The molecule has 3 heterocycles. The summed E-state index contributed by atoms with van der Waals surface area (Å²) in [5.74, 6) is 2.30. The number of benzene rings is 3. The number of aryl methyl sites for hydroxylation is 2. The highest BCUT2D eigenvalue weighted by Gasteiger charge is 2.15. The van der Waals surface area contributed by atoms with Crippen molar-refractivity contribution in [2.24, 2.45) is 0 Å². The van der Waals surface area contributed by atoms with Crippen molar-refractivity contribution in [2.75, 3.05) is 5.32 Å². The van der Waals surface area contributed by atoms with Crippen molar-refractivity contribution in [2.45, 2.75) is 13.8 Å². The van der Waals surface area contributed by atoms with Crippen LogP contribution in [0.15, 0.2) is 103 Å². The molecule has 0 atom stereocenters. The zero-order chi connectivity index (χ0) is 26.8. The highest BCUT2D eigenvalue weighted by atomic mass is 15.3. The summed E-state index contributed by atoms with van der Waals surface area (Å²) < 4.78 is 3.67. The van der Waals surface area contributed by atoms with Gasteiger partial charge in [0, 0.05) is 29.2 Å². The van der Waals surface area contributed by atoms with Gasteiger partial charge in [-0.3, -0.25) is 0 Å². The molecule has 0 radical (unpaired) electrons. The number of pyridine rings is 1. The van der Waals surface area contributed by atoms with Crippen molar-refractivity contribution in [1.29, 1.82) is 5.26 Å². The Bertz CT molecular complexity index is 1790. The molecule has 0 amide bonds. The standard InChI is InChI=1S/C31H24N8/c1-21-34-22(2)39(36-21)28-14-10-26(11-15-28)35-30-18-25(16-17-33-30)31-29(24-6-4-3-5-7-24)20-38(37-31)27-12-8-23(19-32)9-13-27/h3-18,20H,1-2H3,(H,33,35). The van der Waals surface area contributed by atoms with Gasteiger partial charge in [-0.1, -0.05) is 30.3 Å². The average molecular weight is 509 g/mol. The van der Waals surface area contributed by atoms with E-state index in [1.54, 1.807) is 18.3 Å². The highest BCUT2D eigenvalue weighted by Crippen LogP contribution is 2.33. The first-order valence-corrected chi connectivity index (χ1v) is 12.5. The van der Waals surface area contributed by atoms with Crippen LogP contribution in [0, 0.1) is 25.2 Å². The molecule has 6 aromatic rings. The van der Waals surface area contributed by atoms with E-state index >= 15 is 0 Å². The summed E-state index contributed by atoms with van der Waals surface area (Å²) >= 11 is 0. The third kappa shape index (κ3) is 4.89. The fraction of sp³-hybridized carbons (Fsp3) is 0.0645. The molecule has 0 aliphatic heterocycles. The van der Waals surface area contributed by atoms with Gasteiger partial charge in [0.05, 0.1) is 23.0 Å². The molecule has 0 aliphatic rings. The van der Waals surface area contributed by atoms with Crippen LogP contribution in [0.2, 0.25) is 0 Å². The van der Waals surface area contributed by atoms with Gasteiger partial charge in [-0.05, 0) is 80.1 Å². The lowest BCUT2D eigenvalue weighted by Gasteiger charge is -2.09. The molecule has 3 aromatic carbocycles. The Balaban J connectivity index is 1.33. The summed E-state index contributed by atoms with van der Waals surface area (Å²) in [6.07, 6.45) is 3.80. The second kappa shape index (κ2) is 10.1. The first-order chi connectivity index (χ1) is 19.1. The first kappa shape index (κ1) is 23.8. The Morgan fingerprint density at radius 3 is 2.23 bits per heavy atom. The van der Waals surface area contributed by atoms with E-state index in [0.717, 1.165) is 51.1 Å². The Labute approximate surface area is 225 Å². The van der Waals surface area contributed by atoms with Crippen molar-refractivity contribution in [3.05, 3.63) is 121 Å². The molecular formula is C31H24N8. The minimum absolute atomic E-state index is 0.610. The van der Waals surface area contributed by atoms with Crippen LogP contribution in [0.1, 0.15) is 17.2 Å². The largest absolute Gasteiger partial charge is 0.340 e. The second-order valence-electron chi connectivity index (χ2n) is 9.08. The number of nitrogens with one attached hydrogen (secondary N) is 1. The minimum atomic E-state index is 0.610. The smallest absolute Gasteiger partial charge is 0.148 e. The van der Waals surface area contributed by atoms with Crippen LogP contribution in [0.4, 0.5) is 11.5 Å². The van der Waals surface area contributed by atoms with Crippen LogP contribution in [0.3, 0.4) is 0 Å². The predicted molar refractivity (Wildman–Crippen MR) is 151 cm³/mol. The van der Waals surface area contributed by atoms with Gasteiger partial charge in [0.15, 0.2) is 0 Å². The highest BCUT2D eigenvalue weighted by molar-refractivity contribution is 5.82. The fourth-order valence-corrected chi connectivity index (χ4v) is 4.48. The number of nitrogens with zero attached hydrogens (tertiary/aromatic N) is 7. The number of rotatable bonds is 6. The molecule has 0 bridgehead atoms. The molecule has 188 valence electrons. The van der Waals surface area contributed by atoms with Gasteiger partial charge >= 0.3 is 0 Å². The molecule has 0 unspecified atom stereocenters. The van der Waals surface area contributed by atoms with Crippen LogP contribution in [0.25, 0.3) is 33.8 Å². The van der Waals surface area contributed by atoms with Crippen LogP contribution in [-0.2, 0) is 0 Å². The van der Waals surface area contributed by atoms with Gasteiger partial charge in [0.2, 0.25) is 0 Å². The maximum absolute atomic E-state index is 9.16. The topological polar surface area (TPSA) is 97.2 Å². The fourth-order valence-electron chi connectivity index (χ4n) is 4.48. The van der Waals surface area contributed by atoms with Gasteiger partial charge in [0.25, 0.3) is 0 Å². The Morgan fingerprint density at radius 1 is 0.795 bits per heavy atom. The summed E-state index contributed by atoms with van der Waals surface area (Å²) in [4.78, 5) is 8.92. The first-order valence-electron chi connectivity index (χ1n) is 12.5. The molecule has 8 heteroatoms. The zero-order valence-corrected chi connectivity index (χ0v) is 21.4. The van der Waals surface area contributed by atoms with E-state index in [4.69, 9.17) is 10.4 Å². The lowest BCUT2D eigenvalue weighted by Crippen LogP contribution is -2.00. The van der Waals surface area contributed by atoms with Crippen LogP contribution >= 0.6 is 0 Å². The molecule has 0 spiro atoms. The van der Waals surface area contributed by atoms with Gasteiger partial charge in [0.1, 0.15) is 23.2 Å². The minimum Gasteiger partial charge on any atom is -0.340 e. The van der Waals surface area contributed by atoms with Crippen molar-refractivity contribution < 1.29 is 0 Å². The van der Waals surface area contributed by atoms with Gasteiger partial charge < -0.3 is 5.32 Å². The maximum atomic E-state index is 9.16. The average Bonchev–Trinajstić information content (AvgIpc) is 3.57. The number of anilines is 2. The van der Waals surface area contributed by atoms with E-state index in [1.165, 1.54) is 0 Å². The van der Waals surface area contributed by atoms with Crippen LogP contribution < -0.4 is 5.32 Å². The van der Waals surface area contributed by atoms with Crippen molar-refractivity contribution in [1.82, 2.24) is 29.5 Å². The normalized spacial score (nSPS) is 10.8. The van der Waals surface area contributed by atoms with E-state index in [1.807, 2.05) is 96.1 Å².